The van der Waals surface area contributed by atoms with Crippen LogP contribution in [0.15, 0.2) is 12.1 Å². The number of morpholine rings is 1. The molecular weight excluding hydrogens is 242 g/mol. The Kier molecular flexibility index (Phi) is 3.75. The molecule has 0 unspecified atom stereocenters. The number of aromatic nitrogens is 1. The van der Waals surface area contributed by atoms with Crippen molar-refractivity contribution in [3.8, 4) is 0 Å². The summed E-state index contributed by atoms with van der Waals surface area (Å²) in [5, 5.41) is 0. The predicted molar refractivity (Wildman–Crippen MR) is 74.1 cm³/mol. The van der Waals surface area contributed by atoms with Gasteiger partial charge in [-0.15, -0.1) is 0 Å². The summed E-state index contributed by atoms with van der Waals surface area (Å²) in [4.78, 5) is 18.5. The molecular formula is C14H21N3O2. The van der Waals surface area contributed by atoms with Gasteiger partial charge in [-0.25, -0.2) is 4.98 Å². The van der Waals surface area contributed by atoms with E-state index < -0.39 is 0 Å². The molecule has 1 aromatic rings. The van der Waals surface area contributed by atoms with Crippen molar-refractivity contribution in [1.82, 2.24) is 9.88 Å². The van der Waals surface area contributed by atoms with Crippen molar-refractivity contribution in [3.05, 3.63) is 23.4 Å². The maximum atomic E-state index is 12.4. The van der Waals surface area contributed by atoms with Crippen LogP contribution in [0.2, 0.25) is 0 Å². The van der Waals surface area contributed by atoms with Crippen LogP contribution in [0, 0.1) is 0 Å². The van der Waals surface area contributed by atoms with Gasteiger partial charge in [0, 0.05) is 29.8 Å². The van der Waals surface area contributed by atoms with Gasteiger partial charge in [0.25, 0.3) is 5.91 Å². The molecule has 1 fully saturated rings. The Balaban J connectivity index is 2.28. The van der Waals surface area contributed by atoms with Gasteiger partial charge in [-0.1, -0.05) is 20.8 Å². The van der Waals surface area contributed by atoms with Gasteiger partial charge >= 0.3 is 0 Å². The summed E-state index contributed by atoms with van der Waals surface area (Å²) in [6, 6.07) is 3.49. The van der Waals surface area contributed by atoms with Crippen LogP contribution in [0.4, 0.5) is 5.82 Å². The highest BCUT2D eigenvalue weighted by Gasteiger charge is 2.22. The van der Waals surface area contributed by atoms with Gasteiger partial charge < -0.3 is 15.4 Å². The van der Waals surface area contributed by atoms with Gasteiger partial charge in [0.2, 0.25) is 0 Å². The van der Waals surface area contributed by atoms with Crippen molar-refractivity contribution in [1.29, 1.82) is 0 Å². The van der Waals surface area contributed by atoms with Gasteiger partial charge in [0.15, 0.2) is 0 Å². The van der Waals surface area contributed by atoms with E-state index in [-0.39, 0.29) is 11.3 Å². The second-order valence-electron chi connectivity index (χ2n) is 5.82. The number of hydrogen-bond acceptors (Lipinski definition) is 4. The van der Waals surface area contributed by atoms with E-state index in [9.17, 15) is 4.79 Å². The lowest BCUT2D eigenvalue weighted by atomic mass is 9.90. The first-order chi connectivity index (χ1) is 8.88. The van der Waals surface area contributed by atoms with Gasteiger partial charge in [0.1, 0.15) is 5.82 Å². The molecule has 2 rings (SSSR count). The molecule has 1 saturated heterocycles. The zero-order chi connectivity index (χ0) is 14.0. The third-order valence-corrected chi connectivity index (χ3v) is 3.16. The van der Waals surface area contributed by atoms with Crippen molar-refractivity contribution < 1.29 is 9.53 Å². The normalized spacial score (nSPS) is 16.5. The number of rotatable bonds is 1. The number of pyridine rings is 1. The topological polar surface area (TPSA) is 68.5 Å². The smallest absolute Gasteiger partial charge is 0.254 e. The summed E-state index contributed by atoms with van der Waals surface area (Å²) >= 11 is 0. The Morgan fingerprint density at radius 2 is 1.95 bits per heavy atom. The minimum absolute atomic E-state index is 0.00269. The van der Waals surface area contributed by atoms with Crippen molar-refractivity contribution in [2.75, 3.05) is 32.0 Å². The fourth-order valence-corrected chi connectivity index (χ4v) is 2.01. The lowest BCUT2D eigenvalue weighted by Crippen LogP contribution is -2.40. The second kappa shape index (κ2) is 5.17. The lowest BCUT2D eigenvalue weighted by Gasteiger charge is -2.27. The number of hydrogen-bond donors (Lipinski definition) is 1. The molecule has 0 radical (unpaired) electrons. The Morgan fingerprint density at radius 3 is 2.53 bits per heavy atom. The Hall–Kier alpha value is -1.62. The molecule has 5 nitrogen and oxygen atoms in total. The summed E-state index contributed by atoms with van der Waals surface area (Å²) in [5.41, 5.74) is 7.13. The molecule has 1 aliphatic rings. The molecule has 1 aliphatic heterocycles. The van der Waals surface area contributed by atoms with Gasteiger partial charge in [-0.05, 0) is 12.1 Å². The third kappa shape index (κ3) is 3.23. The van der Waals surface area contributed by atoms with Crippen LogP contribution in [-0.2, 0) is 10.2 Å². The molecule has 0 bridgehead atoms. The Bertz CT molecular complexity index is 474. The molecule has 1 aromatic heterocycles. The average Bonchev–Trinajstić information content (AvgIpc) is 2.37. The highest BCUT2D eigenvalue weighted by Crippen LogP contribution is 2.23. The predicted octanol–water partition coefficient (Wildman–Crippen LogP) is 1.43. The van der Waals surface area contributed by atoms with Gasteiger partial charge in [0.05, 0.1) is 13.2 Å². The highest BCUT2D eigenvalue weighted by atomic mass is 16.5. The first-order valence-corrected chi connectivity index (χ1v) is 6.53. The maximum Gasteiger partial charge on any atom is 0.254 e. The van der Waals surface area contributed by atoms with Crippen LogP contribution in [-0.4, -0.2) is 42.1 Å². The first kappa shape index (κ1) is 13.8. The van der Waals surface area contributed by atoms with Crippen molar-refractivity contribution in [3.63, 3.8) is 0 Å². The molecule has 0 aliphatic carbocycles. The van der Waals surface area contributed by atoms with E-state index in [1.54, 1.807) is 11.0 Å². The molecule has 1 amide bonds. The minimum Gasteiger partial charge on any atom is -0.384 e. The van der Waals surface area contributed by atoms with Gasteiger partial charge in [-0.3, -0.25) is 4.79 Å². The number of anilines is 1. The molecule has 0 atom stereocenters. The molecule has 104 valence electrons. The summed E-state index contributed by atoms with van der Waals surface area (Å²) in [5.74, 6) is 0.395. The van der Waals surface area contributed by atoms with E-state index >= 15 is 0 Å². The number of ether oxygens (including phenoxy) is 1. The van der Waals surface area contributed by atoms with Gasteiger partial charge in [-0.2, -0.15) is 0 Å². The first-order valence-electron chi connectivity index (χ1n) is 6.53. The van der Waals surface area contributed by atoms with E-state index in [2.05, 4.69) is 25.8 Å². The van der Waals surface area contributed by atoms with Crippen molar-refractivity contribution in [2.24, 2.45) is 0 Å². The fraction of sp³-hybridized carbons (Fsp3) is 0.571. The second-order valence-corrected chi connectivity index (χ2v) is 5.82. The molecule has 0 aromatic carbocycles. The number of carbonyl (C=O) groups is 1. The molecule has 0 spiro atoms. The quantitative estimate of drug-likeness (QED) is 0.832. The summed E-state index contributed by atoms with van der Waals surface area (Å²) < 4.78 is 5.26. The van der Waals surface area contributed by atoms with E-state index in [0.717, 1.165) is 5.69 Å². The monoisotopic (exact) mass is 263 g/mol. The molecule has 2 N–H and O–H groups in total. The van der Waals surface area contributed by atoms with Crippen molar-refractivity contribution in [2.45, 2.75) is 26.2 Å². The molecule has 2 heterocycles. The molecule has 19 heavy (non-hydrogen) atoms. The van der Waals surface area contributed by atoms with Crippen LogP contribution >= 0.6 is 0 Å². The van der Waals surface area contributed by atoms with E-state index in [1.807, 2.05) is 6.07 Å². The summed E-state index contributed by atoms with van der Waals surface area (Å²) in [6.45, 7) is 8.61. The van der Waals surface area contributed by atoms with Crippen LogP contribution in [0.25, 0.3) is 0 Å². The minimum atomic E-state index is -0.130. The summed E-state index contributed by atoms with van der Waals surface area (Å²) in [7, 11) is 0. The number of nitrogens with zero attached hydrogens (tertiary/aromatic N) is 2. The van der Waals surface area contributed by atoms with Crippen molar-refractivity contribution >= 4 is 11.7 Å². The number of nitrogen functional groups attached to an aromatic ring is 1. The highest BCUT2D eigenvalue weighted by molar-refractivity contribution is 5.95. The fourth-order valence-electron chi connectivity index (χ4n) is 2.01. The number of nitrogens with two attached hydrogens (primary N) is 1. The standard InChI is InChI=1S/C14H21N3O2/c1-14(2,3)11-8-10(9-12(15)16-11)13(18)17-4-6-19-7-5-17/h8-9H,4-7H2,1-3H3,(H2,15,16). The Labute approximate surface area is 113 Å². The van der Waals surface area contributed by atoms with Crippen LogP contribution in [0.5, 0.6) is 0 Å². The van der Waals surface area contributed by atoms with Crippen LogP contribution in [0.3, 0.4) is 0 Å². The zero-order valence-corrected chi connectivity index (χ0v) is 11.8. The Morgan fingerprint density at radius 1 is 1.32 bits per heavy atom. The maximum absolute atomic E-state index is 12.4. The average molecular weight is 263 g/mol. The SMILES string of the molecule is CC(C)(C)c1cc(C(=O)N2CCOCC2)cc(N)n1. The summed E-state index contributed by atoms with van der Waals surface area (Å²) in [6.07, 6.45) is 0. The third-order valence-electron chi connectivity index (χ3n) is 3.16. The number of carbonyl (C=O) groups excluding carboxylic acids is 1. The molecule has 5 heteroatoms. The van der Waals surface area contributed by atoms with E-state index in [1.165, 1.54) is 0 Å². The molecule has 0 saturated carbocycles. The van der Waals surface area contributed by atoms with E-state index in [4.69, 9.17) is 10.5 Å². The van der Waals surface area contributed by atoms with Crippen LogP contribution < -0.4 is 5.73 Å². The largest absolute Gasteiger partial charge is 0.384 e. The van der Waals surface area contributed by atoms with Crippen LogP contribution in [0.1, 0.15) is 36.8 Å². The zero-order valence-electron chi connectivity index (χ0n) is 11.8. The number of amides is 1. The van der Waals surface area contributed by atoms with E-state index in [0.29, 0.717) is 37.7 Å². The lowest BCUT2D eigenvalue weighted by molar-refractivity contribution is 0.0302.